The van der Waals surface area contributed by atoms with Crippen molar-refractivity contribution in [1.82, 2.24) is 0 Å². The van der Waals surface area contributed by atoms with Gasteiger partial charge in [0.15, 0.2) is 0 Å². The quantitative estimate of drug-likeness (QED) is 0.186. The van der Waals surface area contributed by atoms with Gasteiger partial charge in [0, 0.05) is 35.8 Å². The maximum absolute atomic E-state index is 14.1. The van der Waals surface area contributed by atoms with Crippen molar-refractivity contribution in [3.05, 3.63) is 156 Å². The third kappa shape index (κ3) is 4.28. The van der Waals surface area contributed by atoms with E-state index in [9.17, 15) is 8.78 Å². The summed E-state index contributed by atoms with van der Waals surface area (Å²) in [4.78, 5) is 4.62. The Morgan fingerprint density at radius 3 is 1.28 bits per heavy atom. The molecule has 0 radical (unpaired) electrons. The first-order chi connectivity index (χ1) is 22.6. The van der Waals surface area contributed by atoms with E-state index in [1.54, 1.807) is 24.3 Å². The Balaban J connectivity index is 1.33. The summed E-state index contributed by atoms with van der Waals surface area (Å²) in [6.07, 6.45) is 1.64. The molecule has 2 heterocycles. The van der Waals surface area contributed by atoms with E-state index < -0.39 is 0 Å². The fourth-order valence-corrected chi connectivity index (χ4v) is 7.65. The molecule has 0 bridgehead atoms. The minimum absolute atomic E-state index is 0.187. The Morgan fingerprint density at radius 1 is 0.413 bits per heavy atom. The van der Waals surface area contributed by atoms with Crippen molar-refractivity contribution in [2.75, 3.05) is 22.9 Å². The van der Waals surface area contributed by atoms with E-state index in [0.717, 1.165) is 70.9 Å². The molecule has 0 aliphatic carbocycles. The lowest BCUT2D eigenvalue weighted by atomic mass is 9.85. The van der Waals surface area contributed by atoms with E-state index in [0.29, 0.717) is 0 Å². The maximum atomic E-state index is 14.1. The van der Waals surface area contributed by atoms with Crippen LogP contribution in [0.2, 0.25) is 0 Å². The predicted molar refractivity (Wildman–Crippen MR) is 187 cm³/mol. The van der Waals surface area contributed by atoms with Gasteiger partial charge in [-0.25, -0.2) is 8.78 Å². The van der Waals surface area contributed by atoms with Crippen LogP contribution in [0.15, 0.2) is 133 Å². The summed E-state index contributed by atoms with van der Waals surface area (Å²) in [6, 6.07) is 45.1. The summed E-state index contributed by atoms with van der Waals surface area (Å²) in [6.45, 7) is 1.63. The highest BCUT2D eigenvalue weighted by molar-refractivity contribution is 6.22. The van der Waals surface area contributed by atoms with E-state index in [-0.39, 0.29) is 11.6 Å². The molecule has 0 amide bonds. The Bertz CT molecular complexity index is 2130. The minimum Gasteiger partial charge on any atom is -0.341 e. The molecule has 0 saturated carbocycles. The molecule has 222 valence electrons. The predicted octanol–water partition coefficient (Wildman–Crippen LogP) is 11.0. The molecule has 2 aliphatic rings. The third-order valence-electron chi connectivity index (χ3n) is 9.71. The average molecular weight is 601 g/mol. The molecule has 2 nitrogen and oxygen atoms in total. The molecule has 0 spiro atoms. The van der Waals surface area contributed by atoms with Crippen LogP contribution in [0.1, 0.15) is 11.1 Å². The lowest BCUT2D eigenvalue weighted by molar-refractivity contribution is 0.626. The first kappa shape index (κ1) is 26.9. The van der Waals surface area contributed by atoms with Crippen LogP contribution in [-0.4, -0.2) is 13.1 Å². The zero-order valence-corrected chi connectivity index (χ0v) is 25.2. The lowest BCUT2D eigenvalue weighted by Gasteiger charge is -2.24. The number of rotatable bonds is 4. The zero-order chi connectivity index (χ0) is 30.8. The second kappa shape index (κ2) is 10.6. The van der Waals surface area contributed by atoms with Crippen LogP contribution in [0.4, 0.5) is 31.5 Å². The number of benzene rings is 7. The van der Waals surface area contributed by atoms with Crippen LogP contribution >= 0.6 is 0 Å². The highest BCUT2D eigenvalue weighted by Crippen LogP contribution is 2.47. The van der Waals surface area contributed by atoms with Crippen molar-refractivity contribution < 1.29 is 8.78 Å². The Morgan fingerprint density at radius 2 is 0.848 bits per heavy atom. The molecule has 7 aromatic carbocycles. The van der Waals surface area contributed by atoms with Gasteiger partial charge in [-0.1, -0.05) is 72.8 Å². The third-order valence-corrected chi connectivity index (χ3v) is 9.71. The van der Waals surface area contributed by atoms with Gasteiger partial charge in [-0.15, -0.1) is 0 Å². The van der Waals surface area contributed by atoms with Gasteiger partial charge in [0.05, 0.1) is 0 Å². The van der Waals surface area contributed by atoms with E-state index in [1.165, 1.54) is 32.7 Å². The van der Waals surface area contributed by atoms with Crippen LogP contribution < -0.4 is 9.80 Å². The number of hydrogen-bond donors (Lipinski definition) is 0. The number of fused-ring (bicyclic) bond motifs is 4. The number of halogens is 2. The smallest absolute Gasteiger partial charge is 0.123 e. The van der Waals surface area contributed by atoms with Gasteiger partial charge >= 0.3 is 0 Å². The lowest BCUT2D eigenvalue weighted by Crippen LogP contribution is -2.13. The van der Waals surface area contributed by atoms with Gasteiger partial charge in [-0.2, -0.15) is 0 Å². The highest BCUT2D eigenvalue weighted by Gasteiger charge is 2.25. The molecular weight excluding hydrogens is 570 g/mol. The van der Waals surface area contributed by atoms with Gasteiger partial charge < -0.3 is 9.80 Å². The molecule has 0 saturated heterocycles. The van der Waals surface area contributed by atoms with E-state index in [4.69, 9.17) is 0 Å². The average Bonchev–Trinajstić information content (AvgIpc) is 3.71. The molecule has 0 atom stereocenters. The normalized spacial score (nSPS) is 13.9. The van der Waals surface area contributed by atoms with Gasteiger partial charge in [0.2, 0.25) is 0 Å². The largest absolute Gasteiger partial charge is 0.341 e. The minimum atomic E-state index is -0.187. The van der Waals surface area contributed by atoms with E-state index in [1.807, 2.05) is 12.1 Å². The summed E-state index contributed by atoms with van der Waals surface area (Å²) in [7, 11) is 0. The molecule has 0 fully saturated rings. The van der Waals surface area contributed by atoms with Gasteiger partial charge in [-0.05, 0) is 128 Å². The molecule has 0 aromatic heterocycles. The first-order valence-electron chi connectivity index (χ1n) is 15.9. The fraction of sp³-hybridized carbons (Fsp3) is 0.0952. The second-order valence-electron chi connectivity index (χ2n) is 12.3. The maximum Gasteiger partial charge on any atom is 0.123 e. The summed E-state index contributed by atoms with van der Waals surface area (Å²) < 4.78 is 28.1. The zero-order valence-electron chi connectivity index (χ0n) is 25.2. The van der Waals surface area contributed by atoms with Crippen molar-refractivity contribution >= 4 is 44.3 Å². The van der Waals surface area contributed by atoms with Crippen molar-refractivity contribution in [3.63, 3.8) is 0 Å². The van der Waals surface area contributed by atoms with Gasteiger partial charge in [-0.3, -0.25) is 0 Å². The molecule has 4 heteroatoms. The number of nitrogens with zero attached hydrogens (tertiary/aromatic N) is 2. The van der Waals surface area contributed by atoms with Crippen LogP contribution in [0.3, 0.4) is 0 Å². The molecule has 0 unspecified atom stereocenters. The highest BCUT2D eigenvalue weighted by atomic mass is 19.1. The first-order valence-corrected chi connectivity index (χ1v) is 15.9. The summed E-state index contributed by atoms with van der Waals surface area (Å²) in [5.74, 6) is -0.373. The topological polar surface area (TPSA) is 6.48 Å². The molecule has 0 N–H and O–H groups in total. The SMILES string of the molecule is Fc1ccc2c(c1)CCN2c1ccc2c(-c3ccccc3)c3cc(N4CCc5cc(F)ccc54)ccc3c(-c3ccccc3)c2c1. The Kier molecular flexibility index (Phi) is 6.17. The van der Waals surface area contributed by atoms with Crippen molar-refractivity contribution in [2.45, 2.75) is 12.8 Å². The fourth-order valence-electron chi connectivity index (χ4n) is 7.65. The number of anilines is 4. The van der Waals surface area contributed by atoms with E-state index in [2.05, 4.69) is 107 Å². The standard InChI is InChI=1S/C42H30F2N2/c43-31-11-17-39-29(23-31)19-21-45(39)33-14-16-36-37(25-33)41(27-7-3-1-4-8-27)35-15-13-34(26-38(35)42(36)28-9-5-2-6-10-28)46-22-20-30-24-32(44)12-18-40(30)46/h1-18,23-26H,19-22H2. The van der Waals surface area contributed by atoms with E-state index >= 15 is 0 Å². The van der Waals surface area contributed by atoms with Crippen LogP contribution in [0.25, 0.3) is 43.8 Å². The summed E-state index contributed by atoms with van der Waals surface area (Å²) in [5.41, 5.74) is 11.2. The molecule has 9 rings (SSSR count). The Hall–Kier alpha value is -5.48. The monoisotopic (exact) mass is 600 g/mol. The van der Waals surface area contributed by atoms with Gasteiger partial charge in [0.1, 0.15) is 11.6 Å². The van der Waals surface area contributed by atoms with Gasteiger partial charge in [0.25, 0.3) is 0 Å². The summed E-state index contributed by atoms with van der Waals surface area (Å²) in [5, 5.41) is 4.72. The van der Waals surface area contributed by atoms with Crippen molar-refractivity contribution in [3.8, 4) is 22.3 Å². The molecule has 46 heavy (non-hydrogen) atoms. The van der Waals surface area contributed by atoms with Crippen LogP contribution in [0.5, 0.6) is 0 Å². The second-order valence-corrected chi connectivity index (χ2v) is 12.3. The van der Waals surface area contributed by atoms with Crippen LogP contribution in [0, 0.1) is 11.6 Å². The van der Waals surface area contributed by atoms with Crippen LogP contribution in [-0.2, 0) is 12.8 Å². The molecule has 2 aliphatic heterocycles. The Labute approximate surface area is 266 Å². The van der Waals surface area contributed by atoms with Crippen molar-refractivity contribution in [2.24, 2.45) is 0 Å². The van der Waals surface area contributed by atoms with Crippen molar-refractivity contribution in [1.29, 1.82) is 0 Å². The number of hydrogen-bond acceptors (Lipinski definition) is 2. The molecular formula is C42H30F2N2. The molecule has 7 aromatic rings. The summed E-state index contributed by atoms with van der Waals surface area (Å²) >= 11 is 0.